The number of carbonyl (C=O) groups excluding carboxylic acids is 2. The Bertz CT molecular complexity index is 678. The molecule has 2 aliphatic heterocycles. The first kappa shape index (κ1) is 14.0. The second-order valence-electron chi connectivity index (χ2n) is 6.00. The van der Waals surface area contributed by atoms with E-state index in [0.717, 1.165) is 43.7 Å². The Morgan fingerprint density at radius 1 is 1.14 bits per heavy atom. The lowest BCUT2D eigenvalue weighted by Gasteiger charge is -2.43. The Kier molecular flexibility index (Phi) is 3.35. The fourth-order valence-corrected chi connectivity index (χ4v) is 4.56. The van der Waals surface area contributed by atoms with Gasteiger partial charge in [-0.15, -0.1) is 11.8 Å². The summed E-state index contributed by atoms with van der Waals surface area (Å²) in [6, 6.07) is 0. The molecule has 1 saturated heterocycles. The fraction of sp³-hybridized carbons (Fsp3) is 0.412. The molecule has 22 heavy (non-hydrogen) atoms. The van der Waals surface area contributed by atoms with Crippen LogP contribution in [0.4, 0.5) is 0 Å². The van der Waals surface area contributed by atoms with Gasteiger partial charge in [0.05, 0.1) is 0 Å². The Morgan fingerprint density at radius 2 is 1.95 bits per heavy atom. The predicted octanol–water partition coefficient (Wildman–Crippen LogP) is 2.05. The van der Waals surface area contributed by atoms with E-state index in [1.165, 1.54) is 11.8 Å². The summed E-state index contributed by atoms with van der Waals surface area (Å²) >= 11 is 1.49. The Morgan fingerprint density at radius 3 is 2.77 bits per heavy atom. The maximum atomic E-state index is 12.4. The fourth-order valence-electron chi connectivity index (χ4n) is 3.30. The smallest absolute Gasteiger partial charge is 0.243 e. The van der Waals surface area contributed by atoms with Gasteiger partial charge in [0, 0.05) is 29.7 Å². The van der Waals surface area contributed by atoms with Crippen LogP contribution in [-0.2, 0) is 14.3 Å². The molecule has 0 aromatic carbocycles. The summed E-state index contributed by atoms with van der Waals surface area (Å²) in [5.41, 5.74) is 1.07. The van der Waals surface area contributed by atoms with Crippen molar-refractivity contribution in [1.82, 2.24) is 5.32 Å². The number of allylic oxidation sites excluding steroid dienone is 6. The molecule has 4 nitrogen and oxygen atoms in total. The van der Waals surface area contributed by atoms with Crippen LogP contribution in [0.5, 0.6) is 0 Å². The Labute approximate surface area is 133 Å². The lowest BCUT2D eigenvalue weighted by Crippen LogP contribution is -2.48. The van der Waals surface area contributed by atoms with Gasteiger partial charge in [-0.05, 0) is 19.5 Å². The van der Waals surface area contributed by atoms with Gasteiger partial charge < -0.3 is 10.1 Å². The van der Waals surface area contributed by atoms with Crippen molar-refractivity contribution in [2.75, 3.05) is 18.8 Å². The number of ketones is 2. The van der Waals surface area contributed by atoms with Gasteiger partial charge in [0.2, 0.25) is 11.6 Å². The highest BCUT2D eigenvalue weighted by Gasteiger charge is 2.46. The molecule has 2 heterocycles. The maximum absolute atomic E-state index is 12.4. The largest absolute Gasteiger partial charge is 0.484 e. The van der Waals surface area contributed by atoms with E-state index in [0.29, 0.717) is 16.2 Å². The van der Waals surface area contributed by atoms with Gasteiger partial charge in [-0.3, -0.25) is 9.59 Å². The normalized spacial score (nSPS) is 26.7. The highest BCUT2D eigenvalue weighted by Crippen LogP contribution is 2.46. The summed E-state index contributed by atoms with van der Waals surface area (Å²) in [5, 5.41) is 3.35. The topological polar surface area (TPSA) is 55.4 Å². The van der Waals surface area contributed by atoms with Crippen LogP contribution in [-0.4, -0.2) is 36.0 Å². The van der Waals surface area contributed by atoms with Crippen LogP contribution in [0, 0.1) is 0 Å². The number of rotatable bonds is 0. The molecule has 5 heteroatoms. The molecule has 4 aliphatic rings. The third kappa shape index (κ3) is 2.11. The van der Waals surface area contributed by atoms with Gasteiger partial charge in [0.25, 0.3) is 0 Å². The minimum absolute atomic E-state index is 0.207. The molecule has 0 amide bonds. The molecule has 2 aliphatic carbocycles. The van der Waals surface area contributed by atoms with Crippen molar-refractivity contribution in [2.45, 2.75) is 24.9 Å². The van der Waals surface area contributed by atoms with Gasteiger partial charge in [-0.2, -0.15) is 0 Å². The second-order valence-corrected chi connectivity index (χ2v) is 6.99. The number of hydrogen-bond acceptors (Lipinski definition) is 5. The van der Waals surface area contributed by atoms with E-state index < -0.39 is 11.6 Å². The predicted molar refractivity (Wildman–Crippen MR) is 85.3 cm³/mol. The molecule has 0 unspecified atom stereocenters. The first-order valence-electron chi connectivity index (χ1n) is 7.64. The molecule has 1 N–H and O–H groups in total. The first-order valence-corrected chi connectivity index (χ1v) is 8.62. The van der Waals surface area contributed by atoms with Gasteiger partial charge in [0.1, 0.15) is 16.3 Å². The Hall–Kier alpha value is -1.59. The maximum Gasteiger partial charge on any atom is 0.243 e. The molecule has 4 rings (SSSR count). The van der Waals surface area contributed by atoms with Crippen LogP contribution in [0.15, 0.2) is 46.1 Å². The monoisotopic (exact) mass is 315 g/mol. The van der Waals surface area contributed by atoms with Gasteiger partial charge in [-0.25, -0.2) is 0 Å². The molecule has 1 fully saturated rings. The Balaban J connectivity index is 1.79. The number of carbonyl (C=O) groups is 2. The SMILES string of the molecule is O=C1C(=O)C2=C(OC3(CCNCC3)CS2)C2=CCC=CC=C12. The summed E-state index contributed by atoms with van der Waals surface area (Å²) in [5.74, 6) is 0.561. The minimum Gasteiger partial charge on any atom is -0.484 e. The molecule has 0 atom stereocenters. The third-order valence-electron chi connectivity index (χ3n) is 4.57. The molecule has 0 radical (unpaired) electrons. The number of nitrogens with one attached hydrogen (secondary N) is 1. The zero-order valence-electron chi connectivity index (χ0n) is 12.2. The van der Waals surface area contributed by atoms with Crippen molar-refractivity contribution in [1.29, 1.82) is 0 Å². The average molecular weight is 315 g/mol. The summed E-state index contributed by atoms with van der Waals surface area (Å²) < 4.78 is 6.37. The second kappa shape index (κ2) is 5.25. The van der Waals surface area contributed by atoms with Crippen molar-refractivity contribution in [3.8, 4) is 0 Å². The van der Waals surface area contributed by atoms with E-state index in [1.807, 2.05) is 18.2 Å². The van der Waals surface area contributed by atoms with E-state index in [4.69, 9.17) is 4.74 Å². The molecule has 0 aromatic rings. The third-order valence-corrected chi connectivity index (χ3v) is 5.90. The number of Topliss-reactive ketones (excluding diaryl/α,β-unsaturated/α-hetero) is 2. The van der Waals surface area contributed by atoms with E-state index in [2.05, 4.69) is 5.32 Å². The van der Waals surface area contributed by atoms with Crippen molar-refractivity contribution < 1.29 is 14.3 Å². The average Bonchev–Trinajstić information content (AvgIpc) is 2.79. The quantitative estimate of drug-likeness (QED) is 0.693. The number of thioether (sulfide) groups is 1. The minimum atomic E-state index is -0.414. The number of ether oxygens (including phenoxy) is 1. The van der Waals surface area contributed by atoms with Crippen LogP contribution < -0.4 is 5.32 Å². The van der Waals surface area contributed by atoms with Gasteiger partial charge in [0.15, 0.2) is 0 Å². The highest BCUT2D eigenvalue weighted by atomic mass is 32.2. The van der Waals surface area contributed by atoms with Crippen LogP contribution in [0.3, 0.4) is 0 Å². The van der Waals surface area contributed by atoms with E-state index in [-0.39, 0.29) is 5.60 Å². The van der Waals surface area contributed by atoms with Crippen LogP contribution in [0.2, 0.25) is 0 Å². The molecular formula is C17H17NO3S. The lowest BCUT2D eigenvalue weighted by molar-refractivity contribution is -0.132. The summed E-state index contributed by atoms with van der Waals surface area (Å²) in [6.07, 6.45) is 10.2. The zero-order valence-corrected chi connectivity index (χ0v) is 13.0. The number of hydrogen-bond donors (Lipinski definition) is 1. The zero-order chi connectivity index (χ0) is 15.2. The van der Waals surface area contributed by atoms with Crippen LogP contribution in [0.1, 0.15) is 19.3 Å². The molecule has 114 valence electrons. The summed E-state index contributed by atoms with van der Waals surface area (Å²) in [7, 11) is 0. The lowest BCUT2D eigenvalue weighted by atomic mass is 9.89. The van der Waals surface area contributed by atoms with Crippen LogP contribution in [0.25, 0.3) is 0 Å². The first-order chi connectivity index (χ1) is 10.7. The van der Waals surface area contributed by atoms with E-state index in [1.54, 1.807) is 6.08 Å². The summed E-state index contributed by atoms with van der Waals surface area (Å²) in [4.78, 5) is 25.2. The van der Waals surface area contributed by atoms with Gasteiger partial charge in [-0.1, -0.05) is 24.3 Å². The van der Waals surface area contributed by atoms with Crippen molar-refractivity contribution in [2.24, 2.45) is 0 Å². The number of fused-ring (bicyclic) bond motifs is 2. The van der Waals surface area contributed by atoms with Crippen molar-refractivity contribution >= 4 is 23.3 Å². The molecule has 0 aromatic heterocycles. The molecule has 0 saturated carbocycles. The highest BCUT2D eigenvalue weighted by molar-refractivity contribution is 8.04. The standard InChI is InChI=1S/C17H17NO3S/c19-13-11-4-2-1-3-5-12(11)15-16(14(13)20)22-10-17(21-15)6-8-18-9-7-17/h1-2,4-5,18H,3,6-10H2. The van der Waals surface area contributed by atoms with Crippen molar-refractivity contribution in [3.05, 3.63) is 46.1 Å². The molecule has 0 bridgehead atoms. The number of piperidine rings is 1. The van der Waals surface area contributed by atoms with Crippen LogP contribution >= 0.6 is 11.8 Å². The van der Waals surface area contributed by atoms with Gasteiger partial charge >= 0.3 is 0 Å². The van der Waals surface area contributed by atoms with Crippen molar-refractivity contribution in [3.63, 3.8) is 0 Å². The molecule has 1 spiro atoms. The summed E-state index contributed by atoms with van der Waals surface area (Å²) in [6.45, 7) is 1.86. The van der Waals surface area contributed by atoms with E-state index >= 15 is 0 Å². The molecular weight excluding hydrogens is 298 g/mol. The van der Waals surface area contributed by atoms with E-state index in [9.17, 15) is 9.59 Å².